The van der Waals surface area contributed by atoms with Gasteiger partial charge in [-0.25, -0.2) is 4.79 Å². The van der Waals surface area contributed by atoms with Crippen LogP contribution in [0.25, 0.3) is 0 Å². The maximum absolute atomic E-state index is 10.6. The quantitative estimate of drug-likeness (QED) is 0.856. The highest BCUT2D eigenvalue weighted by Gasteiger charge is 2.17. The fourth-order valence-electron chi connectivity index (χ4n) is 1.49. The molecular formula is C12H14O3S. The number of thioether (sulfide) groups is 1. The van der Waals surface area contributed by atoms with Gasteiger partial charge < -0.3 is 9.84 Å². The van der Waals surface area contributed by atoms with Gasteiger partial charge in [-0.1, -0.05) is 0 Å². The molecule has 1 aliphatic rings. The van der Waals surface area contributed by atoms with Crippen LogP contribution in [-0.4, -0.2) is 29.2 Å². The first-order valence-electron chi connectivity index (χ1n) is 5.29. The van der Waals surface area contributed by atoms with Gasteiger partial charge in [0.15, 0.2) is 0 Å². The first-order chi connectivity index (χ1) is 7.75. The van der Waals surface area contributed by atoms with Gasteiger partial charge in [-0.15, -0.1) is 0 Å². The third-order valence-corrected chi connectivity index (χ3v) is 4.02. The highest BCUT2D eigenvalue weighted by atomic mass is 32.2. The van der Waals surface area contributed by atoms with Gasteiger partial charge in [-0.05, 0) is 48.1 Å². The monoisotopic (exact) mass is 238 g/mol. The zero-order valence-electron chi connectivity index (χ0n) is 8.89. The van der Waals surface area contributed by atoms with Gasteiger partial charge in [0.1, 0.15) is 5.75 Å². The van der Waals surface area contributed by atoms with Crippen molar-refractivity contribution in [2.75, 3.05) is 18.1 Å². The van der Waals surface area contributed by atoms with E-state index in [0.717, 1.165) is 24.7 Å². The van der Waals surface area contributed by atoms with Gasteiger partial charge in [0.25, 0.3) is 0 Å². The Hall–Kier alpha value is -1.16. The predicted molar refractivity (Wildman–Crippen MR) is 64.3 cm³/mol. The van der Waals surface area contributed by atoms with Crippen LogP contribution in [0.15, 0.2) is 24.3 Å². The smallest absolute Gasteiger partial charge is 0.335 e. The Morgan fingerprint density at radius 3 is 2.56 bits per heavy atom. The summed E-state index contributed by atoms with van der Waals surface area (Å²) >= 11 is 1.98. The van der Waals surface area contributed by atoms with Crippen molar-refractivity contribution in [3.8, 4) is 5.75 Å². The Morgan fingerprint density at radius 2 is 2.06 bits per heavy atom. The molecule has 4 heteroatoms. The summed E-state index contributed by atoms with van der Waals surface area (Å²) in [6.07, 6.45) is 1.09. The molecule has 0 atom stereocenters. The number of benzene rings is 1. The highest BCUT2D eigenvalue weighted by Crippen LogP contribution is 2.27. The van der Waals surface area contributed by atoms with Crippen molar-refractivity contribution in [3.63, 3.8) is 0 Å². The van der Waals surface area contributed by atoms with E-state index in [1.54, 1.807) is 24.3 Å². The molecule has 0 spiro atoms. The third-order valence-electron chi connectivity index (χ3n) is 2.60. The maximum atomic E-state index is 10.6. The normalized spacial score (nSPS) is 15.5. The van der Waals surface area contributed by atoms with Crippen LogP contribution in [0.1, 0.15) is 16.8 Å². The second kappa shape index (κ2) is 5.25. The number of rotatable bonds is 5. The van der Waals surface area contributed by atoms with Gasteiger partial charge in [-0.2, -0.15) is 11.8 Å². The lowest BCUT2D eigenvalue weighted by Crippen LogP contribution is -2.20. The minimum absolute atomic E-state index is 0.294. The van der Waals surface area contributed by atoms with Gasteiger partial charge in [0.2, 0.25) is 0 Å². The number of carboxylic acid groups (broad SMARTS) is 1. The van der Waals surface area contributed by atoms with E-state index in [1.165, 1.54) is 11.5 Å². The molecule has 1 aromatic carbocycles. The van der Waals surface area contributed by atoms with Gasteiger partial charge in [-0.3, -0.25) is 0 Å². The molecule has 0 radical (unpaired) electrons. The van der Waals surface area contributed by atoms with Crippen LogP contribution in [0.5, 0.6) is 5.75 Å². The summed E-state index contributed by atoms with van der Waals surface area (Å²) in [6, 6.07) is 6.55. The van der Waals surface area contributed by atoms with E-state index in [1.807, 2.05) is 11.8 Å². The summed E-state index contributed by atoms with van der Waals surface area (Å²) < 4.78 is 5.54. The number of carbonyl (C=O) groups is 1. The minimum atomic E-state index is -0.905. The SMILES string of the molecule is O=C(O)c1ccc(OCCC2CSC2)cc1. The van der Waals surface area contributed by atoms with Crippen LogP contribution >= 0.6 is 11.8 Å². The van der Waals surface area contributed by atoms with E-state index >= 15 is 0 Å². The molecule has 0 bridgehead atoms. The van der Waals surface area contributed by atoms with Crippen molar-refractivity contribution in [2.45, 2.75) is 6.42 Å². The molecule has 1 heterocycles. The zero-order valence-corrected chi connectivity index (χ0v) is 9.70. The Kier molecular flexibility index (Phi) is 3.72. The Bertz CT molecular complexity index is 357. The minimum Gasteiger partial charge on any atom is -0.494 e. The van der Waals surface area contributed by atoms with Gasteiger partial charge in [0, 0.05) is 0 Å². The molecule has 16 heavy (non-hydrogen) atoms. The lowest BCUT2D eigenvalue weighted by Gasteiger charge is -2.24. The second-order valence-electron chi connectivity index (χ2n) is 3.87. The molecule has 1 N–H and O–H groups in total. The Morgan fingerprint density at radius 1 is 1.38 bits per heavy atom. The number of carboxylic acids is 1. The second-order valence-corrected chi connectivity index (χ2v) is 4.95. The van der Waals surface area contributed by atoms with E-state index in [-0.39, 0.29) is 0 Å². The van der Waals surface area contributed by atoms with Crippen LogP contribution in [0.2, 0.25) is 0 Å². The van der Waals surface area contributed by atoms with E-state index < -0.39 is 5.97 Å². The summed E-state index contributed by atoms with van der Waals surface area (Å²) in [7, 11) is 0. The molecule has 1 saturated heterocycles. The maximum Gasteiger partial charge on any atom is 0.335 e. The van der Waals surface area contributed by atoms with E-state index in [9.17, 15) is 4.79 Å². The highest BCUT2D eigenvalue weighted by molar-refractivity contribution is 8.00. The summed E-state index contributed by atoms with van der Waals surface area (Å²) in [6.45, 7) is 0.720. The lowest BCUT2D eigenvalue weighted by atomic mass is 10.1. The summed E-state index contributed by atoms with van der Waals surface area (Å²) in [5.74, 6) is 3.15. The van der Waals surface area contributed by atoms with E-state index in [0.29, 0.717) is 5.56 Å². The van der Waals surface area contributed by atoms with Crippen molar-refractivity contribution < 1.29 is 14.6 Å². The Labute approximate surface area is 98.8 Å². The predicted octanol–water partition coefficient (Wildman–Crippen LogP) is 2.52. The molecule has 0 aromatic heterocycles. The summed E-state index contributed by atoms with van der Waals surface area (Å²) in [5, 5.41) is 8.72. The fourth-order valence-corrected chi connectivity index (χ4v) is 2.39. The number of ether oxygens (including phenoxy) is 1. The molecule has 0 aliphatic carbocycles. The summed E-state index contributed by atoms with van der Waals surface area (Å²) in [4.78, 5) is 10.6. The van der Waals surface area contributed by atoms with E-state index in [2.05, 4.69) is 0 Å². The van der Waals surface area contributed by atoms with Crippen LogP contribution in [0.3, 0.4) is 0 Å². The number of aromatic carboxylic acids is 1. The molecular weight excluding hydrogens is 224 g/mol. The van der Waals surface area contributed by atoms with Crippen LogP contribution in [0.4, 0.5) is 0 Å². The van der Waals surface area contributed by atoms with Crippen molar-refractivity contribution in [1.29, 1.82) is 0 Å². The van der Waals surface area contributed by atoms with Crippen LogP contribution < -0.4 is 4.74 Å². The van der Waals surface area contributed by atoms with Gasteiger partial charge in [0.05, 0.1) is 12.2 Å². The topological polar surface area (TPSA) is 46.5 Å². The number of hydrogen-bond acceptors (Lipinski definition) is 3. The third kappa shape index (κ3) is 2.92. The lowest BCUT2D eigenvalue weighted by molar-refractivity contribution is 0.0697. The van der Waals surface area contributed by atoms with E-state index in [4.69, 9.17) is 9.84 Å². The summed E-state index contributed by atoms with van der Waals surface area (Å²) in [5.41, 5.74) is 0.294. The average molecular weight is 238 g/mol. The molecule has 3 nitrogen and oxygen atoms in total. The average Bonchev–Trinajstić information content (AvgIpc) is 2.22. The van der Waals surface area contributed by atoms with Crippen LogP contribution in [-0.2, 0) is 0 Å². The van der Waals surface area contributed by atoms with Gasteiger partial charge >= 0.3 is 5.97 Å². The number of hydrogen-bond donors (Lipinski definition) is 1. The van der Waals surface area contributed by atoms with Crippen LogP contribution in [0, 0.1) is 5.92 Å². The van der Waals surface area contributed by atoms with Crippen molar-refractivity contribution in [1.82, 2.24) is 0 Å². The molecule has 2 rings (SSSR count). The molecule has 0 saturated carbocycles. The molecule has 1 aliphatic heterocycles. The molecule has 0 amide bonds. The van der Waals surface area contributed by atoms with Crippen molar-refractivity contribution in [3.05, 3.63) is 29.8 Å². The molecule has 86 valence electrons. The Balaban J connectivity index is 1.78. The largest absolute Gasteiger partial charge is 0.494 e. The first-order valence-corrected chi connectivity index (χ1v) is 6.45. The van der Waals surface area contributed by atoms with Crippen molar-refractivity contribution >= 4 is 17.7 Å². The molecule has 0 unspecified atom stereocenters. The zero-order chi connectivity index (χ0) is 11.4. The molecule has 1 fully saturated rings. The standard InChI is InChI=1S/C12H14O3S/c13-12(14)10-1-3-11(4-2-10)15-6-5-9-7-16-8-9/h1-4,9H,5-8H2,(H,13,14). The first kappa shape index (κ1) is 11.3. The van der Waals surface area contributed by atoms with Crippen molar-refractivity contribution in [2.24, 2.45) is 5.92 Å². The molecule has 1 aromatic rings. The fraction of sp³-hybridized carbons (Fsp3) is 0.417.